The van der Waals surface area contributed by atoms with Gasteiger partial charge in [0, 0.05) is 34.5 Å². The minimum Gasteiger partial charge on any atom is -0.504 e. The fourth-order valence-electron chi connectivity index (χ4n) is 6.13. The molecule has 0 spiro atoms. The number of carbonyl (C=O) groups is 3. The van der Waals surface area contributed by atoms with Crippen LogP contribution in [-0.2, 0) is 14.4 Å². The zero-order chi connectivity index (χ0) is 22.4. The molecule has 1 saturated carbocycles. The number of unbranched alkanes of at least 4 members (excludes halogenated alkanes) is 1. The number of rotatable bonds is 6. The molecule has 30 heavy (non-hydrogen) atoms. The van der Waals surface area contributed by atoms with Gasteiger partial charge in [-0.15, -0.1) is 0 Å². The third-order valence-electron chi connectivity index (χ3n) is 7.50. The lowest BCUT2D eigenvalue weighted by Crippen LogP contribution is -2.52. The molecule has 0 aromatic heterocycles. The molecule has 4 heteroatoms. The number of Topliss-reactive ketones (excluding diaryl/α,β-unsaturated/α-hetero) is 3. The molecule has 0 aliphatic heterocycles. The molecular weight excluding hydrogens is 376 g/mol. The smallest absolute Gasteiger partial charge is 0.223 e. The Labute approximate surface area is 180 Å². The highest BCUT2D eigenvalue weighted by Crippen LogP contribution is 2.61. The van der Waals surface area contributed by atoms with Crippen molar-refractivity contribution in [1.29, 1.82) is 0 Å². The number of ketones is 3. The van der Waals surface area contributed by atoms with Gasteiger partial charge >= 0.3 is 0 Å². The van der Waals surface area contributed by atoms with Crippen LogP contribution in [0.5, 0.6) is 0 Å². The van der Waals surface area contributed by atoms with Crippen LogP contribution in [0, 0.1) is 22.7 Å². The topological polar surface area (TPSA) is 71.4 Å². The summed E-state index contributed by atoms with van der Waals surface area (Å²) in [6.07, 6.45) is 7.20. The third-order valence-corrected chi connectivity index (χ3v) is 7.50. The molecule has 0 unspecified atom stereocenters. The van der Waals surface area contributed by atoms with Crippen LogP contribution in [0.4, 0.5) is 0 Å². The van der Waals surface area contributed by atoms with Gasteiger partial charge in [-0.1, -0.05) is 41.0 Å². The van der Waals surface area contributed by atoms with Crippen LogP contribution in [0.25, 0.3) is 0 Å². The van der Waals surface area contributed by atoms with E-state index in [1.165, 1.54) is 0 Å². The maximum absolute atomic E-state index is 13.9. The Morgan fingerprint density at radius 2 is 1.83 bits per heavy atom. The average molecular weight is 413 g/mol. The molecule has 0 aromatic carbocycles. The van der Waals surface area contributed by atoms with Gasteiger partial charge in [0.15, 0.2) is 11.5 Å². The SMILES string of the molecule is CC(=O)CCCCC1=C2C=C(C(C)C)C(=O)C(O)=C2[C@@]2(C)CCCC(C)(C)[C@@H]2C1=O. The third kappa shape index (κ3) is 3.63. The van der Waals surface area contributed by atoms with E-state index in [4.69, 9.17) is 0 Å². The van der Waals surface area contributed by atoms with Crippen molar-refractivity contribution in [3.05, 3.63) is 34.1 Å². The standard InChI is InChI=1S/C26H36O4/c1-15(2)18-14-19-17(11-8-7-10-16(3)27)22(29)24-25(4,5)12-9-13-26(24,6)20(19)23(30)21(18)28/h14-15,24,30H,7-13H2,1-6H3/t24-,26+/m0/s1. The molecule has 0 saturated heterocycles. The first-order valence-corrected chi connectivity index (χ1v) is 11.4. The van der Waals surface area contributed by atoms with Crippen molar-refractivity contribution in [3.63, 3.8) is 0 Å². The van der Waals surface area contributed by atoms with E-state index in [2.05, 4.69) is 20.8 Å². The molecule has 0 heterocycles. The zero-order valence-electron chi connectivity index (χ0n) is 19.4. The Morgan fingerprint density at radius 1 is 1.17 bits per heavy atom. The van der Waals surface area contributed by atoms with Crippen molar-refractivity contribution in [3.8, 4) is 0 Å². The van der Waals surface area contributed by atoms with E-state index >= 15 is 0 Å². The molecular formula is C26H36O4. The summed E-state index contributed by atoms with van der Waals surface area (Å²) in [5.41, 5.74) is 2.05. The van der Waals surface area contributed by atoms with E-state index in [1.807, 2.05) is 19.9 Å². The fourth-order valence-corrected chi connectivity index (χ4v) is 6.13. The van der Waals surface area contributed by atoms with E-state index in [0.717, 1.165) is 43.3 Å². The molecule has 164 valence electrons. The second-order valence-electron chi connectivity index (χ2n) is 10.7. The molecule has 3 rings (SSSR count). The van der Waals surface area contributed by atoms with Crippen LogP contribution in [0.15, 0.2) is 34.1 Å². The van der Waals surface area contributed by atoms with Crippen molar-refractivity contribution in [2.75, 3.05) is 0 Å². The van der Waals surface area contributed by atoms with Crippen molar-refractivity contribution >= 4 is 17.3 Å². The van der Waals surface area contributed by atoms with Crippen LogP contribution in [0.1, 0.15) is 86.5 Å². The summed E-state index contributed by atoms with van der Waals surface area (Å²) in [4.78, 5) is 38.2. The molecule has 1 N–H and O–H groups in total. The first kappa shape index (κ1) is 22.7. The van der Waals surface area contributed by atoms with Crippen molar-refractivity contribution in [2.24, 2.45) is 22.7 Å². The van der Waals surface area contributed by atoms with Gasteiger partial charge in [0.05, 0.1) is 0 Å². The van der Waals surface area contributed by atoms with Crippen molar-refractivity contribution in [1.82, 2.24) is 0 Å². The second-order valence-corrected chi connectivity index (χ2v) is 10.7. The molecule has 3 aliphatic carbocycles. The second kappa shape index (κ2) is 7.94. The lowest BCUT2D eigenvalue weighted by molar-refractivity contribution is -0.132. The summed E-state index contributed by atoms with van der Waals surface area (Å²) in [5.74, 6) is -0.398. The van der Waals surface area contributed by atoms with E-state index in [1.54, 1.807) is 6.92 Å². The summed E-state index contributed by atoms with van der Waals surface area (Å²) in [5, 5.41) is 11.1. The number of carbonyl (C=O) groups excluding carboxylic acids is 3. The molecule has 1 fully saturated rings. The summed E-state index contributed by atoms with van der Waals surface area (Å²) in [6.45, 7) is 11.8. The number of aliphatic hydroxyl groups excluding tert-OH is 1. The van der Waals surface area contributed by atoms with Crippen LogP contribution in [0.2, 0.25) is 0 Å². The predicted molar refractivity (Wildman–Crippen MR) is 118 cm³/mol. The average Bonchev–Trinajstić information content (AvgIpc) is 2.61. The van der Waals surface area contributed by atoms with Crippen LogP contribution < -0.4 is 0 Å². The molecule has 0 radical (unpaired) electrons. The Hall–Kier alpha value is -1.97. The summed E-state index contributed by atoms with van der Waals surface area (Å²) in [7, 11) is 0. The van der Waals surface area contributed by atoms with E-state index in [9.17, 15) is 19.5 Å². The highest BCUT2D eigenvalue weighted by atomic mass is 16.3. The van der Waals surface area contributed by atoms with Gasteiger partial charge in [0.25, 0.3) is 0 Å². The maximum atomic E-state index is 13.9. The van der Waals surface area contributed by atoms with Gasteiger partial charge in [-0.2, -0.15) is 0 Å². The number of aliphatic hydroxyl groups is 1. The van der Waals surface area contributed by atoms with Gasteiger partial charge in [-0.05, 0) is 62.0 Å². The Kier molecular flexibility index (Phi) is 6.01. The number of hydrogen-bond donors (Lipinski definition) is 1. The molecule has 2 atom stereocenters. The molecule has 0 bridgehead atoms. The Balaban J connectivity index is 2.18. The normalized spacial score (nSPS) is 28.5. The molecule has 0 amide bonds. The molecule has 0 aromatic rings. The first-order chi connectivity index (χ1) is 13.9. The molecule has 3 aliphatic rings. The van der Waals surface area contributed by atoms with Gasteiger partial charge in [-0.3, -0.25) is 9.59 Å². The van der Waals surface area contributed by atoms with E-state index < -0.39 is 5.41 Å². The number of allylic oxidation sites excluding steroid dienone is 5. The predicted octanol–water partition coefficient (Wildman–Crippen LogP) is 5.82. The highest BCUT2D eigenvalue weighted by molar-refractivity contribution is 6.12. The molecule has 4 nitrogen and oxygen atoms in total. The van der Waals surface area contributed by atoms with Crippen molar-refractivity contribution in [2.45, 2.75) is 86.5 Å². The van der Waals surface area contributed by atoms with Crippen LogP contribution in [-0.4, -0.2) is 22.5 Å². The van der Waals surface area contributed by atoms with Gasteiger partial charge < -0.3 is 9.90 Å². The highest BCUT2D eigenvalue weighted by Gasteiger charge is 2.57. The summed E-state index contributed by atoms with van der Waals surface area (Å²) in [6, 6.07) is 0. The van der Waals surface area contributed by atoms with Crippen molar-refractivity contribution < 1.29 is 19.5 Å². The number of hydrogen-bond acceptors (Lipinski definition) is 4. The summed E-state index contributed by atoms with van der Waals surface area (Å²) >= 11 is 0. The Bertz CT molecular complexity index is 881. The Morgan fingerprint density at radius 3 is 2.43 bits per heavy atom. The number of fused-ring (bicyclic) bond motifs is 3. The van der Waals surface area contributed by atoms with E-state index in [-0.39, 0.29) is 40.4 Å². The van der Waals surface area contributed by atoms with Gasteiger partial charge in [-0.25, -0.2) is 0 Å². The first-order valence-electron chi connectivity index (χ1n) is 11.4. The monoisotopic (exact) mass is 412 g/mol. The van der Waals surface area contributed by atoms with Crippen LogP contribution >= 0.6 is 0 Å². The quantitative estimate of drug-likeness (QED) is 0.558. The largest absolute Gasteiger partial charge is 0.504 e. The zero-order valence-corrected chi connectivity index (χ0v) is 19.4. The lowest BCUT2D eigenvalue weighted by Gasteiger charge is -2.54. The van der Waals surface area contributed by atoms with Gasteiger partial charge in [0.2, 0.25) is 5.78 Å². The minimum atomic E-state index is -0.532. The summed E-state index contributed by atoms with van der Waals surface area (Å²) < 4.78 is 0. The minimum absolute atomic E-state index is 0.0314. The fraction of sp³-hybridized carbons (Fsp3) is 0.654. The maximum Gasteiger partial charge on any atom is 0.223 e. The van der Waals surface area contributed by atoms with Crippen LogP contribution in [0.3, 0.4) is 0 Å². The lowest BCUT2D eigenvalue weighted by atomic mass is 9.48. The van der Waals surface area contributed by atoms with E-state index in [0.29, 0.717) is 24.0 Å². The van der Waals surface area contributed by atoms with Gasteiger partial charge in [0.1, 0.15) is 5.78 Å².